The lowest BCUT2D eigenvalue weighted by atomic mass is 10.1. The standard InChI is InChI=1S/C9H8O4/c10-7-2-1-3-8(11)6(7)4-5-9(12)13/h1-5,10-11H,(H,12,13)/b5-4+. The molecule has 0 radical (unpaired) electrons. The van der Waals surface area contributed by atoms with Gasteiger partial charge in [-0.15, -0.1) is 0 Å². The number of aromatic hydroxyl groups is 2. The largest absolute Gasteiger partial charge is 0.507 e. The minimum atomic E-state index is -1.14. The molecule has 0 saturated carbocycles. The Morgan fingerprint density at radius 2 is 1.77 bits per heavy atom. The van der Waals surface area contributed by atoms with Gasteiger partial charge in [-0.25, -0.2) is 4.79 Å². The van der Waals surface area contributed by atoms with Crippen LogP contribution in [0.2, 0.25) is 0 Å². The summed E-state index contributed by atoms with van der Waals surface area (Å²) < 4.78 is 0. The number of phenols is 2. The van der Waals surface area contributed by atoms with Crippen molar-refractivity contribution in [2.24, 2.45) is 0 Å². The van der Waals surface area contributed by atoms with Crippen molar-refractivity contribution in [3.63, 3.8) is 0 Å². The van der Waals surface area contributed by atoms with Crippen molar-refractivity contribution in [3.05, 3.63) is 29.8 Å². The van der Waals surface area contributed by atoms with Crippen molar-refractivity contribution >= 4 is 12.0 Å². The van der Waals surface area contributed by atoms with E-state index in [1.165, 1.54) is 18.2 Å². The smallest absolute Gasteiger partial charge is 0.328 e. The molecular formula is C9H8O4. The van der Waals surface area contributed by atoms with E-state index in [4.69, 9.17) is 5.11 Å². The maximum absolute atomic E-state index is 10.1. The molecular weight excluding hydrogens is 172 g/mol. The minimum absolute atomic E-state index is 0.102. The highest BCUT2D eigenvalue weighted by atomic mass is 16.4. The second kappa shape index (κ2) is 3.62. The Hall–Kier alpha value is -1.97. The van der Waals surface area contributed by atoms with Crippen molar-refractivity contribution in [2.45, 2.75) is 0 Å². The Morgan fingerprint density at radius 3 is 2.23 bits per heavy atom. The fourth-order valence-electron chi connectivity index (χ4n) is 0.867. The first kappa shape index (κ1) is 9.12. The minimum Gasteiger partial charge on any atom is -0.507 e. The Balaban J connectivity index is 3.06. The third-order valence-electron chi connectivity index (χ3n) is 1.45. The van der Waals surface area contributed by atoms with Gasteiger partial charge in [0.2, 0.25) is 0 Å². The van der Waals surface area contributed by atoms with Gasteiger partial charge in [0.15, 0.2) is 0 Å². The molecule has 68 valence electrons. The van der Waals surface area contributed by atoms with E-state index in [-0.39, 0.29) is 17.1 Å². The Kier molecular flexibility index (Phi) is 2.54. The molecule has 0 aliphatic heterocycles. The molecule has 1 aromatic carbocycles. The lowest BCUT2D eigenvalue weighted by Gasteiger charge is -2.00. The van der Waals surface area contributed by atoms with Crippen LogP contribution in [0.3, 0.4) is 0 Å². The van der Waals surface area contributed by atoms with Gasteiger partial charge in [0.25, 0.3) is 0 Å². The highest BCUT2D eigenvalue weighted by Crippen LogP contribution is 2.27. The van der Waals surface area contributed by atoms with Crippen LogP contribution in [0.15, 0.2) is 24.3 Å². The first-order valence-corrected chi connectivity index (χ1v) is 3.53. The van der Waals surface area contributed by atoms with E-state index in [1.54, 1.807) is 0 Å². The Bertz CT molecular complexity index is 334. The summed E-state index contributed by atoms with van der Waals surface area (Å²) in [6, 6.07) is 4.19. The summed E-state index contributed by atoms with van der Waals surface area (Å²) >= 11 is 0. The van der Waals surface area contributed by atoms with Gasteiger partial charge in [0, 0.05) is 6.08 Å². The number of carboxylic acids is 1. The number of aliphatic carboxylic acids is 1. The fourth-order valence-corrected chi connectivity index (χ4v) is 0.867. The average molecular weight is 180 g/mol. The monoisotopic (exact) mass is 180 g/mol. The zero-order valence-corrected chi connectivity index (χ0v) is 6.64. The van der Waals surface area contributed by atoms with Crippen LogP contribution in [-0.2, 0) is 4.79 Å². The molecule has 4 nitrogen and oxygen atoms in total. The number of carbonyl (C=O) groups is 1. The molecule has 0 atom stereocenters. The number of hydrogen-bond donors (Lipinski definition) is 3. The van der Waals surface area contributed by atoms with Gasteiger partial charge in [-0.2, -0.15) is 0 Å². The lowest BCUT2D eigenvalue weighted by molar-refractivity contribution is -0.131. The van der Waals surface area contributed by atoms with Gasteiger partial charge >= 0.3 is 5.97 Å². The maximum Gasteiger partial charge on any atom is 0.328 e. The number of carboxylic acid groups (broad SMARTS) is 1. The average Bonchev–Trinajstić information content (AvgIpc) is 2.03. The molecule has 0 aliphatic rings. The van der Waals surface area contributed by atoms with Gasteiger partial charge in [-0.05, 0) is 18.2 Å². The van der Waals surface area contributed by atoms with Crippen LogP contribution >= 0.6 is 0 Å². The molecule has 3 N–H and O–H groups in total. The van der Waals surface area contributed by atoms with Crippen LogP contribution in [0.25, 0.3) is 6.08 Å². The van der Waals surface area contributed by atoms with Crippen molar-refractivity contribution in [3.8, 4) is 11.5 Å². The highest BCUT2D eigenvalue weighted by molar-refractivity contribution is 5.86. The summed E-state index contributed by atoms with van der Waals surface area (Å²) in [6.45, 7) is 0. The van der Waals surface area contributed by atoms with Gasteiger partial charge in [0.1, 0.15) is 11.5 Å². The van der Waals surface area contributed by atoms with E-state index in [2.05, 4.69) is 0 Å². The predicted molar refractivity (Wildman–Crippen MR) is 46.4 cm³/mol. The quantitative estimate of drug-likeness (QED) is 0.597. The summed E-state index contributed by atoms with van der Waals surface area (Å²) in [5.41, 5.74) is 0.102. The Morgan fingerprint density at radius 1 is 1.23 bits per heavy atom. The highest BCUT2D eigenvalue weighted by Gasteiger charge is 2.02. The van der Waals surface area contributed by atoms with Crippen molar-refractivity contribution in [1.29, 1.82) is 0 Å². The molecule has 0 heterocycles. The van der Waals surface area contributed by atoms with Gasteiger partial charge in [-0.3, -0.25) is 0 Å². The zero-order chi connectivity index (χ0) is 9.84. The second-order valence-electron chi connectivity index (χ2n) is 2.38. The van der Waals surface area contributed by atoms with Crippen molar-refractivity contribution < 1.29 is 20.1 Å². The summed E-state index contributed by atoms with van der Waals surface area (Å²) in [6.07, 6.45) is 1.97. The molecule has 0 bridgehead atoms. The molecule has 13 heavy (non-hydrogen) atoms. The summed E-state index contributed by atoms with van der Waals surface area (Å²) in [5.74, 6) is -1.45. The van der Waals surface area contributed by atoms with Crippen LogP contribution in [0.4, 0.5) is 0 Å². The number of hydrogen-bond acceptors (Lipinski definition) is 3. The molecule has 0 unspecified atom stereocenters. The van der Waals surface area contributed by atoms with Gasteiger partial charge in [-0.1, -0.05) is 6.07 Å². The number of benzene rings is 1. The van der Waals surface area contributed by atoms with Crippen LogP contribution in [0.1, 0.15) is 5.56 Å². The molecule has 1 aromatic rings. The molecule has 0 fully saturated rings. The molecule has 1 rings (SSSR count). The third kappa shape index (κ3) is 2.23. The van der Waals surface area contributed by atoms with Crippen LogP contribution in [-0.4, -0.2) is 21.3 Å². The van der Waals surface area contributed by atoms with E-state index in [0.29, 0.717) is 0 Å². The van der Waals surface area contributed by atoms with E-state index >= 15 is 0 Å². The first-order chi connectivity index (χ1) is 6.11. The molecule has 0 aromatic heterocycles. The second-order valence-corrected chi connectivity index (χ2v) is 2.38. The topological polar surface area (TPSA) is 77.8 Å². The predicted octanol–water partition coefficient (Wildman–Crippen LogP) is 1.20. The van der Waals surface area contributed by atoms with Crippen LogP contribution in [0.5, 0.6) is 11.5 Å². The van der Waals surface area contributed by atoms with Crippen molar-refractivity contribution in [1.82, 2.24) is 0 Å². The van der Waals surface area contributed by atoms with Gasteiger partial charge in [0.05, 0.1) is 5.56 Å². The zero-order valence-electron chi connectivity index (χ0n) is 6.64. The van der Waals surface area contributed by atoms with E-state index in [1.807, 2.05) is 0 Å². The molecule has 0 spiro atoms. The molecule has 4 heteroatoms. The van der Waals surface area contributed by atoms with Crippen LogP contribution < -0.4 is 0 Å². The Labute approximate surface area is 74.4 Å². The third-order valence-corrected chi connectivity index (χ3v) is 1.45. The molecule has 0 saturated heterocycles. The van der Waals surface area contributed by atoms with Crippen LogP contribution in [0, 0.1) is 0 Å². The maximum atomic E-state index is 10.1. The first-order valence-electron chi connectivity index (χ1n) is 3.53. The lowest BCUT2D eigenvalue weighted by Crippen LogP contribution is -1.86. The normalized spacial score (nSPS) is 10.5. The molecule has 0 amide bonds. The fraction of sp³-hybridized carbons (Fsp3) is 0. The van der Waals surface area contributed by atoms with Crippen molar-refractivity contribution in [2.75, 3.05) is 0 Å². The summed E-state index contributed by atoms with van der Waals surface area (Å²) in [7, 11) is 0. The van der Waals surface area contributed by atoms with E-state index in [0.717, 1.165) is 12.2 Å². The SMILES string of the molecule is O=C(O)/C=C/c1c(O)cccc1O. The van der Waals surface area contributed by atoms with E-state index < -0.39 is 5.97 Å². The number of rotatable bonds is 2. The van der Waals surface area contributed by atoms with E-state index in [9.17, 15) is 15.0 Å². The van der Waals surface area contributed by atoms with Gasteiger partial charge < -0.3 is 15.3 Å². The summed E-state index contributed by atoms with van der Waals surface area (Å²) in [4.78, 5) is 10.1. The molecule has 0 aliphatic carbocycles. The summed E-state index contributed by atoms with van der Waals surface area (Å²) in [5, 5.41) is 26.7. The number of phenolic OH excluding ortho intramolecular Hbond substituents is 2.